The van der Waals surface area contributed by atoms with E-state index in [9.17, 15) is 9.59 Å². The Morgan fingerprint density at radius 1 is 0.939 bits per heavy atom. The molecule has 2 aliphatic rings. The van der Waals surface area contributed by atoms with Crippen molar-refractivity contribution in [3.05, 3.63) is 72.6 Å². The number of amides is 2. The molecule has 0 bridgehead atoms. The third-order valence-electron chi connectivity index (χ3n) is 6.22. The minimum absolute atomic E-state index is 0.0413. The van der Waals surface area contributed by atoms with Crippen molar-refractivity contribution in [2.24, 2.45) is 5.92 Å². The number of carbonyl (C=O) groups is 2. The SMILES string of the molecule is O=C(Nc1cnn(-c2ccc(C(=O)N3CCN(c4ccccc4)CC3)cc2)c1)C1CCOC1. The molecule has 33 heavy (non-hydrogen) atoms. The van der Waals surface area contributed by atoms with Crippen LogP contribution in [0.5, 0.6) is 0 Å². The number of nitrogens with one attached hydrogen (secondary N) is 1. The summed E-state index contributed by atoms with van der Waals surface area (Å²) in [5.41, 5.74) is 3.32. The molecule has 1 aromatic heterocycles. The molecule has 0 aliphatic carbocycles. The zero-order valence-corrected chi connectivity index (χ0v) is 18.4. The van der Waals surface area contributed by atoms with E-state index in [-0.39, 0.29) is 17.7 Å². The first-order valence-electron chi connectivity index (χ1n) is 11.3. The van der Waals surface area contributed by atoms with E-state index in [1.54, 1.807) is 17.1 Å². The van der Waals surface area contributed by atoms with Crippen molar-refractivity contribution in [3.8, 4) is 5.69 Å². The van der Waals surface area contributed by atoms with Gasteiger partial charge in [0, 0.05) is 44.0 Å². The average molecular weight is 446 g/mol. The van der Waals surface area contributed by atoms with Gasteiger partial charge < -0.3 is 19.9 Å². The predicted octanol–water partition coefficient (Wildman–Crippen LogP) is 2.81. The normalized spacial score (nSPS) is 18.4. The minimum atomic E-state index is -0.104. The van der Waals surface area contributed by atoms with Gasteiger partial charge in [-0.3, -0.25) is 9.59 Å². The molecule has 2 saturated heterocycles. The largest absolute Gasteiger partial charge is 0.381 e. The highest BCUT2D eigenvalue weighted by molar-refractivity contribution is 5.94. The fraction of sp³-hybridized carbons (Fsp3) is 0.320. The van der Waals surface area contributed by atoms with Crippen molar-refractivity contribution in [3.63, 3.8) is 0 Å². The summed E-state index contributed by atoms with van der Waals surface area (Å²) < 4.78 is 6.96. The zero-order valence-electron chi connectivity index (χ0n) is 18.4. The standard InChI is InChI=1S/C25H27N5O3/c31-24(20-10-15-33-18-20)27-21-16-26-30(17-21)23-8-6-19(7-9-23)25(32)29-13-11-28(12-14-29)22-4-2-1-3-5-22/h1-9,16-17,20H,10-15,18H2,(H,27,31). The summed E-state index contributed by atoms with van der Waals surface area (Å²) in [4.78, 5) is 29.4. The molecule has 3 heterocycles. The highest BCUT2D eigenvalue weighted by Crippen LogP contribution is 2.19. The number of benzene rings is 2. The summed E-state index contributed by atoms with van der Waals surface area (Å²) in [5.74, 6) is -0.102. The van der Waals surface area contributed by atoms with E-state index in [2.05, 4.69) is 27.4 Å². The molecule has 2 aromatic carbocycles. The molecule has 0 saturated carbocycles. The quantitative estimate of drug-likeness (QED) is 0.653. The van der Waals surface area contributed by atoms with Gasteiger partial charge in [-0.15, -0.1) is 0 Å². The van der Waals surface area contributed by atoms with Gasteiger partial charge >= 0.3 is 0 Å². The summed E-state index contributed by atoms with van der Waals surface area (Å²) in [6, 6.07) is 17.7. The molecule has 5 rings (SSSR count). The van der Waals surface area contributed by atoms with Gasteiger partial charge in [-0.1, -0.05) is 18.2 Å². The molecule has 0 radical (unpaired) electrons. The topological polar surface area (TPSA) is 79.7 Å². The lowest BCUT2D eigenvalue weighted by Crippen LogP contribution is -2.48. The van der Waals surface area contributed by atoms with Gasteiger partial charge in [0.15, 0.2) is 0 Å². The first-order valence-corrected chi connectivity index (χ1v) is 11.3. The van der Waals surface area contributed by atoms with E-state index in [0.29, 0.717) is 37.6 Å². The van der Waals surface area contributed by atoms with Crippen LogP contribution < -0.4 is 10.2 Å². The van der Waals surface area contributed by atoms with Crippen LogP contribution in [0.4, 0.5) is 11.4 Å². The van der Waals surface area contributed by atoms with E-state index in [1.807, 2.05) is 47.4 Å². The molecule has 1 unspecified atom stereocenters. The van der Waals surface area contributed by atoms with Crippen LogP contribution in [0.3, 0.4) is 0 Å². The highest BCUT2D eigenvalue weighted by atomic mass is 16.5. The first kappa shape index (κ1) is 21.2. The smallest absolute Gasteiger partial charge is 0.253 e. The van der Waals surface area contributed by atoms with Crippen LogP contribution in [-0.4, -0.2) is 65.9 Å². The molecule has 3 aromatic rings. The van der Waals surface area contributed by atoms with Gasteiger partial charge in [-0.05, 0) is 42.8 Å². The van der Waals surface area contributed by atoms with E-state index in [1.165, 1.54) is 5.69 Å². The summed E-state index contributed by atoms with van der Waals surface area (Å²) in [6.45, 7) is 4.14. The van der Waals surface area contributed by atoms with Gasteiger partial charge in [0.1, 0.15) is 0 Å². The van der Waals surface area contributed by atoms with E-state index in [4.69, 9.17) is 4.74 Å². The number of carbonyl (C=O) groups excluding carboxylic acids is 2. The van der Waals surface area contributed by atoms with Crippen LogP contribution in [-0.2, 0) is 9.53 Å². The maximum absolute atomic E-state index is 13.0. The number of hydrogen-bond donors (Lipinski definition) is 1. The average Bonchev–Trinajstić information content (AvgIpc) is 3.57. The molecule has 170 valence electrons. The Hall–Kier alpha value is -3.65. The first-order chi connectivity index (χ1) is 16.2. The number of para-hydroxylation sites is 1. The van der Waals surface area contributed by atoms with E-state index < -0.39 is 0 Å². The lowest BCUT2D eigenvalue weighted by atomic mass is 10.1. The molecule has 8 heteroatoms. The molecule has 2 fully saturated rings. The van der Waals surface area contributed by atoms with Crippen molar-refractivity contribution < 1.29 is 14.3 Å². The van der Waals surface area contributed by atoms with Crippen molar-refractivity contribution in [1.82, 2.24) is 14.7 Å². The van der Waals surface area contributed by atoms with Crippen LogP contribution >= 0.6 is 0 Å². The molecule has 1 atom stereocenters. The molecule has 0 spiro atoms. The Morgan fingerprint density at radius 3 is 2.39 bits per heavy atom. The van der Waals surface area contributed by atoms with Gasteiger partial charge in [0.2, 0.25) is 5.91 Å². The Labute approximate surface area is 192 Å². The summed E-state index contributed by atoms with van der Waals surface area (Å²) in [6.07, 6.45) is 4.14. The number of rotatable bonds is 5. The van der Waals surface area contributed by atoms with E-state index in [0.717, 1.165) is 25.2 Å². The number of piperazine rings is 1. The monoisotopic (exact) mass is 445 g/mol. The fourth-order valence-corrected chi connectivity index (χ4v) is 4.26. The molecule has 1 N–H and O–H groups in total. The molecular formula is C25H27N5O3. The van der Waals surface area contributed by atoms with Gasteiger partial charge in [-0.2, -0.15) is 5.10 Å². The lowest BCUT2D eigenvalue weighted by Gasteiger charge is -2.36. The number of anilines is 2. The van der Waals surface area contributed by atoms with Crippen molar-refractivity contribution >= 4 is 23.2 Å². The van der Waals surface area contributed by atoms with Crippen LogP contribution in [0.2, 0.25) is 0 Å². The molecule has 2 amide bonds. The second-order valence-corrected chi connectivity index (χ2v) is 8.39. The van der Waals surface area contributed by atoms with Crippen molar-refractivity contribution in [2.75, 3.05) is 49.6 Å². The predicted molar refractivity (Wildman–Crippen MR) is 126 cm³/mol. The van der Waals surface area contributed by atoms with Gasteiger partial charge in [0.25, 0.3) is 5.91 Å². The molecule has 8 nitrogen and oxygen atoms in total. The third kappa shape index (κ3) is 4.75. The highest BCUT2D eigenvalue weighted by Gasteiger charge is 2.24. The second kappa shape index (κ2) is 9.46. The Bertz CT molecular complexity index is 1100. The summed E-state index contributed by atoms with van der Waals surface area (Å²) in [7, 11) is 0. The van der Waals surface area contributed by atoms with Crippen LogP contribution in [0.25, 0.3) is 5.69 Å². The zero-order chi connectivity index (χ0) is 22.6. The number of aromatic nitrogens is 2. The maximum atomic E-state index is 13.0. The molecule has 2 aliphatic heterocycles. The van der Waals surface area contributed by atoms with Crippen molar-refractivity contribution in [1.29, 1.82) is 0 Å². The summed E-state index contributed by atoms with van der Waals surface area (Å²) in [5, 5.41) is 7.23. The lowest BCUT2D eigenvalue weighted by molar-refractivity contribution is -0.119. The number of nitrogens with zero attached hydrogens (tertiary/aromatic N) is 4. The van der Waals surface area contributed by atoms with E-state index >= 15 is 0 Å². The minimum Gasteiger partial charge on any atom is -0.381 e. The molecular weight excluding hydrogens is 418 g/mol. The van der Waals surface area contributed by atoms with Crippen LogP contribution in [0, 0.1) is 5.92 Å². The Morgan fingerprint density at radius 2 is 1.70 bits per heavy atom. The second-order valence-electron chi connectivity index (χ2n) is 8.39. The number of ether oxygens (including phenoxy) is 1. The Balaban J connectivity index is 1.18. The third-order valence-corrected chi connectivity index (χ3v) is 6.22. The van der Waals surface area contributed by atoms with Crippen LogP contribution in [0.15, 0.2) is 67.0 Å². The Kier molecular flexibility index (Phi) is 6.08. The van der Waals surface area contributed by atoms with Crippen LogP contribution in [0.1, 0.15) is 16.8 Å². The fourth-order valence-electron chi connectivity index (χ4n) is 4.26. The van der Waals surface area contributed by atoms with Gasteiger partial charge in [-0.25, -0.2) is 4.68 Å². The maximum Gasteiger partial charge on any atom is 0.253 e. The van der Waals surface area contributed by atoms with Gasteiger partial charge in [0.05, 0.1) is 36.3 Å². The number of hydrogen-bond acceptors (Lipinski definition) is 5. The van der Waals surface area contributed by atoms with Crippen molar-refractivity contribution in [2.45, 2.75) is 6.42 Å². The summed E-state index contributed by atoms with van der Waals surface area (Å²) >= 11 is 0.